The van der Waals surface area contributed by atoms with Gasteiger partial charge in [-0.15, -0.1) is 5.10 Å². The molecule has 0 aliphatic carbocycles. The van der Waals surface area contributed by atoms with E-state index in [9.17, 15) is 9.90 Å². The number of hydrogen-bond acceptors (Lipinski definition) is 5. The number of benzene rings is 2. The molecule has 1 saturated heterocycles. The Morgan fingerprint density at radius 1 is 1.10 bits per heavy atom. The van der Waals surface area contributed by atoms with Gasteiger partial charge in [-0.3, -0.25) is 14.1 Å². The van der Waals surface area contributed by atoms with E-state index >= 15 is 0 Å². The molecule has 1 aliphatic heterocycles. The summed E-state index contributed by atoms with van der Waals surface area (Å²) in [7, 11) is 0. The van der Waals surface area contributed by atoms with Crippen LogP contribution in [0.1, 0.15) is 18.4 Å². The maximum Gasteiger partial charge on any atom is 0.267 e. The van der Waals surface area contributed by atoms with Crippen LogP contribution in [0.15, 0.2) is 53.3 Å². The second-order valence-electron chi connectivity index (χ2n) is 7.85. The van der Waals surface area contributed by atoms with Gasteiger partial charge in [-0.1, -0.05) is 30.3 Å². The summed E-state index contributed by atoms with van der Waals surface area (Å²) in [5.74, 6) is 0.509. The first-order valence-electron chi connectivity index (χ1n) is 10.1. The summed E-state index contributed by atoms with van der Waals surface area (Å²) in [6.07, 6.45) is 1.26. The molecule has 154 valence electrons. The summed E-state index contributed by atoms with van der Waals surface area (Å²) in [6.45, 7) is 4.10. The Bertz CT molecular complexity index is 1360. The number of fused-ring (bicyclic) bond motifs is 3. The maximum atomic E-state index is 13.5. The molecule has 1 N–H and O–H groups in total. The molecule has 3 heterocycles. The van der Waals surface area contributed by atoms with E-state index in [2.05, 4.69) is 4.90 Å². The van der Waals surface area contributed by atoms with Crippen molar-refractivity contribution in [3.63, 3.8) is 0 Å². The second kappa shape index (κ2) is 7.46. The van der Waals surface area contributed by atoms with E-state index in [1.165, 1.54) is 0 Å². The first kappa shape index (κ1) is 19.2. The van der Waals surface area contributed by atoms with Crippen LogP contribution >= 0.6 is 12.2 Å². The van der Waals surface area contributed by atoms with E-state index in [0.717, 1.165) is 42.7 Å². The number of aryl methyl sites for hydroxylation is 1. The van der Waals surface area contributed by atoms with E-state index in [4.69, 9.17) is 17.3 Å². The van der Waals surface area contributed by atoms with Crippen LogP contribution in [0.3, 0.4) is 0 Å². The van der Waals surface area contributed by atoms with Gasteiger partial charge in [0.15, 0.2) is 0 Å². The van der Waals surface area contributed by atoms with Crippen molar-refractivity contribution >= 4 is 28.9 Å². The molecule has 5 rings (SSSR count). The van der Waals surface area contributed by atoms with Crippen LogP contribution in [0, 0.1) is 11.7 Å². The molecule has 1 fully saturated rings. The van der Waals surface area contributed by atoms with Crippen LogP contribution in [0.25, 0.3) is 22.4 Å². The van der Waals surface area contributed by atoms with Crippen LogP contribution in [-0.2, 0) is 6.67 Å². The molecule has 7 nitrogen and oxygen atoms in total. The van der Waals surface area contributed by atoms with Crippen molar-refractivity contribution in [3.05, 3.63) is 69.2 Å². The molecular weight excluding hydrogens is 398 g/mol. The number of aromatic nitrogens is 4. The highest BCUT2D eigenvalue weighted by Gasteiger charge is 2.21. The highest BCUT2D eigenvalue weighted by molar-refractivity contribution is 7.71. The van der Waals surface area contributed by atoms with Crippen LogP contribution in [0.4, 0.5) is 0 Å². The number of hydrogen-bond donors (Lipinski definition) is 1. The molecule has 0 atom stereocenters. The van der Waals surface area contributed by atoms with Gasteiger partial charge < -0.3 is 5.11 Å². The van der Waals surface area contributed by atoms with Gasteiger partial charge in [0.1, 0.15) is 0 Å². The lowest BCUT2D eigenvalue weighted by atomic mass is 10.1. The quantitative estimate of drug-likeness (QED) is 0.515. The summed E-state index contributed by atoms with van der Waals surface area (Å²) in [6, 6.07) is 15.3. The molecule has 0 unspecified atom stereocenters. The molecule has 2 aromatic carbocycles. The zero-order valence-corrected chi connectivity index (χ0v) is 17.5. The van der Waals surface area contributed by atoms with Crippen molar-refractivity contribution in [1.29, 1.82) is 0 Å². The van der Waals surface area contributed by atoms with Gasteiger partial charge in [-0.05, 0) is 55.7 Å². The SMILES string of the molecule is Cc1ccccc1-n1c(=O)c2ccccc2n2c(=S)n(CN3CCC(O)CC3)nc12. The molecule has 30 heavy (non-hydrogen) atoms. The molecule has 0 amide bonds. The molecule has 8 heteroatoms. The normalized spacial score (nSPS) is 15.9. The fourth-order valence-corrected chi connectivity index (χ4v) is 4.47. The number of likely N-dealkylation sites (tertiary alicyclic amines) is 1. The summed E-state index contributed by atoms with van der Waals surface area (Å²) in [5, 5.41) is 15.2. The largest absolute Gasteiger partial charge is 0.393 e. The summed E-state index contributed by atoms with van der Waals surface area (Å²) in [5.41, 5.74) is 2.43. The highest BCUT2D eigenvalue weighted by atomic mass is 32.1. The van der Waals surface area contributed by atoms with Crippen molar-refractivity contribution in [2.24, 2.45) is 0 Å². The number of piperidine rings is 1. The maximum absolute atomic E-state index is 13.5. The number of aliphatic hydroxyl groups is 1. The van der Waals surface area contributed by atoms with Crippen molar-refractivity contribution in [2.75, 3.05) is 13.1 Å². The van der Waals surface area contributed by atoms with Crippen LogP contribution in [0.5, 0.6) is 0 Å². The van der Waals surface area contributed by atoms with Gasteiger partial charge in [0.05, 0.1) is 29.4 Å². The van der Waals surface area contributed by atoms with Crippen molar-refractivity contribution in [1.82, 2.24) is 23.6 Å². The number of rotatable bonds is 3. The molecule has 1 aliphatic rings. The Morgan fingerprint density at radius 2 is 1.80 bits per heavy atom. The zero-order valence-electron chi connectivity index (χ0n) is 16.7. The van der Waals surface area contributed by atoms with Crippen molar-refractivity contribution < 1.29 is 5.11 Å². The first-order chi connectivity index (χ1) is 14.5. The van der Waals surface area contributed by atoms with E-state index in [0.29, 0.717) is 22.6 Å². The van der Waals surface area contributed by atoms with Gasteiger partial charge in [0.25, 0.3) is 5.56 Å². The monoisotopic (exact) mass is 421 g/mol. The fraction of sp³-hybridized carbons (Fsp3) is 0.318. The molecule has 0 bridgehead atoms. The Kier molecular flexibility index (Phi) is 4.77. The lowest BCUT2D eigenvalue weighted by molar-refractivity contribution is 0.0651. The molecule has 2 aromatic heterocycles. The average Bonchev–Trinajstić information content (AvgIpc) is 3.07. The van der Waals surface area contributed by atoms with Crippen LogP contribution in [-0.4, -0.2) is 47.9 Å². The van der Waals surface area contributed by atoms with Crippen LogP contribution in [0.2, 0.25) is 0 Å². The molecule has 4 aromatic rings. The van der Waals surface area contributed by atoms with Crippen molar-refractivity contribution in [3.8, 4) is 5.69 Å². The molecule has 0 radical (unpaired) electrons. The van der Waals surface area contributed by atoms with Crippen molar-refractivity contribution in [2.45, 2.75) is 32.5 Å². The van der Waals surface area contributed by atoms with E-state index < -0.39 is 0 Å². The Balaban J connectivity index is 1.77. The Hall–Kier alpha value is -2.81. The first-order valence-corrected chi connectivity index (χ1v) is 10.5. The summed E-state index contributed by atoms with van der Waals surface area (Å²) >= 11 is 5.80. The highest BCUT2D eigenvalue weighted by Crippen LogP contribution is 2.20. The lowest BCUT2D eigenvalue weighted by Crippen LogP contribution is -2.37. The zero-order chi connectivity index (χ0) is 20.8. The van der Waals surface area contributed by atoms with Gasteiger partial charge in [0.2, 0.25) is 10.5 Å². The predicted octanol–water partition coefficient (Wildman–Crippen LogP) is 2.89. The standard InChI is InChI=1S/C22H23N5O2S/c1-15-6-2-4-8-18(15)26-20(29)17-7-3-5-9-19(17)27-21(26)23-25(22(27)30)14-24-12-10-16(28)11-13-24/h2-9,16,28H,10-14H2,1H3. The van der Waals surface area contributed by atoms with E-state index in [1.807, 2.05) is 59.9 Å². The minimum Gasteiger partial charge on any atom is -0.393 e. The topological polar surface area (TPSA) is 67.7 Å². The second-order valence-corrected chi connectivity index (χ2v) is 8.22. The molecule has 0 saturated carbocycles. The predicted molar refractivity (Wildman–Crippen MR) is 119 cm³/mol. The third kappa shape index (κ3) is 3.08. The van der Waals surface area contributed by atoms with Gasteiger partial charge in [-0.25, -0.2) is 9.25 Å². The molecule has 0 spiro atoms. The summed E-state index contributed by atoms with van der Waals surface area (Å²) < 4.78 is 5.87. The number of aliphatic hydroxyl groups excluding tert-OH is 1. The van der Waals surface area contributed by atoms with E-state index in [1.54, 1.807) is 9.25 Å². The minimum absolute atomic E-state index is 0.111. The van der Waals surface area contributed by atoms with Crippen LogP contribution < -0.4 is 5.56 Å². The third-order valence-electron chi connectivity index (χ3n) is 5.85. The van der Waals surface area contributed by atoms with Gasteiger partial charge >= 0.3 is 0 Å². The van der Waals surface area contributed by atoms with Gasteiger partial charge in [-0.2, -0.15) is 0 Å². The lowest BCUT2D eigenvalue weighted by Gasteiger charge is -2.28. The Labute approximate surface area is 178 Å². The number of para-hydroxylation sites is 2. The Morgan fingerprint density at radius 3 is 2.57 bits per heavy atom. The van der Waals surface area contributed by atoms with E-state index in [-0.39, 0.29) is 11.7 Å². The smallest absolute Gasteiger partial charge is 0.267 e. The minimum atomic E-state index is -0.231. The fourth-order valence-electron chi connectivity index (χ4n) is 4.19. The summed E-state index contributed by atoms with van der Waals surface area (Å²) in [4.78, 5) is 15.7. The van der Waals surface area contributed by atoms with Gasteiger partial charge in [0, 0.05) is 13.1 Å². The average molecular weight is 422 g/mol. The third-order valence-corrected chi connectivity index (χ3v) is 6.24. The number of nitrogens with zero attached hydrogens (tertiary/aromatic N) is 5. The molecular formula is C22H23N5O2S.